The number of rotatable bonds is 10. The Hall–Kier alpha value is -0.200. The van der Waals surface area contributed by atoms with E-state index in [1.165, 1.54) is 0 Å². The summed E-state index contributed by atoms with van der Waals surface area (Å²) in [7, 11) is 3.50. The second-order valence-electron chi connectivity index (χ2n) is 5.61. The van der Waals surface area contributed by atoms with Crippen molar-refractivity contribution in [1.29, 1.82) is 0 Å². The number of ether oxygens (including phenoxy) is 3. The zero-order valence-corrected chi connectivity index (χ0v) is 13.4. The fourth-order valence-corrected chi connectivity index (χ4v) is 3.05. The van der Waals surface area contributed by atoms with Crippen LogP contribution in [0, 0.1) is 0 Å². The summed E-state index contributed by atoms with van der Waals surface area (Å²) in [6.45, 7) is 7.14. The summed E-state index contributed by atoms with van der Waals surface area (Å²) in [5.74, 6) is 0. The summed E-state index contributed by atoms with van der Waals surface area (Å²) in [5.41, 5.74) is 6.22. The summed E-state index contributed by atoms with van der Waals surface area (Å²) in [4.78, 5) is 2.50. The van der Waals surface area contributed by atoms with Crippen LogP contribution in [0.3, 0.4) is 0 Å². The standard InChI is InChI=1S/C15H32N2O3/c1-4-14-12-15(13-16,6-10-20-14)17(8-11-19-3)7-5-9-18-2/h14H,4-13,16H2,1-3H3. The maximum Gasteiger partial charge on any atom is 0.0590 e. The van der Waals surface area contributed by atoms with Crippen molar-refractivity contribution < 1.29 is 14.2 Å². The van der Waals surface area contributed by atoms with Crippen LogP contribution in [0.25, 0.3) is 0 Å². The predicted molar refractivity (Wildman–Crippen MR) is 81.0 cm³/mol. The molecule has 0 aliphatic carbocycles. The first-order chi connectivity index (χ1) is 9.72. The highest BCUT2D eigenvalue weighted by atomic mass is 16.5. The number of nitrogens with two attached hydrogens (primary N) is 1. The predicted octanol–water partition coefficient (Wildman–Crippen LogP) is 1.26. The van der Waals surface area contributed by atoms with E-state index in [0.717, 1.165) is 58.6 Å². The van der Waals surface area contributed by atoms with Crippen LogP contribution in [0.5, 0.6) is 0 Å². The highest BCUT2D eigenvalue weighted by Gasteiger charge is 2.39. The van der Waals surface area contributed by atoms with E-state index in [2.05, 4.69) is 11.8 Å². The second-order valence-corrected chi connectivity index (χ2v) is 5.61. The lowest BCUT2D eigenvalue weighted by Gasteiger charge is -2.48. The number of methoxy groups -OCH3 is 2. The Morgan fingerprint density at radius 3 is 2.60 bits per heavy atom. The highest BCUT2D eigenvalue weighted by molar-refractivity contribution is 4.96. The first-order valence-electron chi connectivity index (χ1n) is 7.77. The van der Waals surface area contributed by atoms with Gasteiger partial charge in [0.05, 0.1) is 12.7 Å². The van der Waals surface area contributed by atoms with E-state index in [4.69, 9.17) is 19.9 Å². The summed E-state index contributed by atoms with van der Waals surface area (Å²) < 4.78 is 16.3. The Bertz CT molecular complexity index is 253. The molecule has 2 atom stereocenters. The third-order valence-electron chi connectivity index (χ3n) is 4.38. The molecule has 1 fully saturated rings. The zero-order chi connectivity index (χ0) is 14.8. The molecule has 2 unspecified atom stereocenters. The van der Waals surface area contributed by atoms with Gasteiger partial charge < -0.3 is 19.9 Å². The molecule has 120 valence electrons. The van der Waals surface area contributed by atoms with Gasteiger partial charge in [-0.3, -0.25) is 4.90 Å². The molecule has 1 heterocycles. The van der Waals surface area contributed by atoms with E-state index in [0.29, 0.717) is 12.6 Å². The van der Waals surface area contributed by atoms with Crippen LogP contribution < -0.4 is 5.73 Å². The van der Waals surface area contributed by atoms with Crippen LogP contribution in [-0.2, 0) is 14.2 Å². The maximum absolute atomic E-state index is 6.16. The van der Waals surface area contributed by atoms with Crippen LogP contribution in [-0.4, -0.2) is 70.2 Å². The molecule has 0 amide bonds. The smallest absolute Gasteiger partial charge is 0.0590 e. The SMILES string of the molecule is CCC1CC(CN)(N(CCCOC)CCOC)CCO1. The zero-order valence-electron chi connectivity index (χ0n) is 13.4. The largest absolute Gasteiger partial charge is 0.385 e. The average molecular weight is 288 g/mol. The van der Waals surface area contributed by atoms with Gasteiger partial charge >= 0.3 is 0 Å². The van der Waals surface area contributed by atoms with E-state index >= 15 is 0 Å². The van der Waals surface area contributed by atoms with Gasteiger partial charge in [0, 0.05) is 52.6 Å². The average Bonchev–Trinajstić information content (AvgIpc) is 2.50. The van der Waals surface area contributed by atoms with Crippen molar-refractivity contribution in [2.45, 2.75) is 44.2 Å². The van der Waals surface area contributed by atoms with E-state index < -0.39 is 0 Å². The molecule has 1 rings (SSSR count). The highest BCUT2D eigenvalue weighted by Crippen LogP contribution is 2.31. The molecular weight excluding hydrogens is 256 g/mol. The van der Waals surface area contributed by atoms with E-state index in [9.17, 15) is 0 Å². The van der Waals surface area contributed by atoms with Gasteiger partial charge in [-0.25, -0.2) is 0 Å². The Kier molecular flexibility index (Phi) is 8.64. The van der Waals surface area contributed by atoms with E-state index in [-0.39, 0.29) is 5.54 Å². The first kappa shape index (κ1) is 17.9. The molecule has 20 heavy (non-hydrogen) atoms. The molecule has 0 aromatic heterocycles. The van der Waals surface area contributed by atoms with Gasteiger partial charge in [0.25, 0.3) is 0 Å². The normalized spacial score (nSPS) is 27.1. The third kappa shape index (κ3) is 4.97. The molecule has 0 saturated carbocycles. The van der Waals surface area contributed by atoms with Crippen molar-refractivity contribution >= 4 is 0 Å². The Morgan fingerprint density at radius 2 is 2.00 bits per heavy atom. The Balaban J connectivity index is 2.70. The summed E-state index contributed by atoms with van der Waals surface area (Å²) in [5, 5.41) is 0. The van der Waals surface area contributed by atoms with Crippen molar-refractivity contribution in [3.63, 3.8) is 0 Å². The van der Waals surface area contributed by atoms with Gasteiger partial charge in [-0.05, 0) is 25.7 Å². The first-order valence-corrected chi connectivity index (χ1v) is 7.77. The van der Waals surface area contributed by atoms with Gasteiger partial charge in [0.1, 0.15) is 0 Å². The Morgan fingerprint density at radius 1 is 1.25 bits per heavy atom. The van der Waals surface area contributed by atoms with Gasteiger partial charge in [-0.15, -0.1) is 0 Å². The molecule has 1 aliphatic rings. The molecule has 0 aromatic rings. The van der Waals surface area contributed by atoms with Crippen LogP contribution in [0.2, 0.25) is 0 Å². The minimum atomic E-state index is 0.0607. The summed E-state index contributed by atoms with van der Waals surface area (Å²) in [6, 6.07) is 0. The summed E-state index contributed by atoms with van der Waals surface area (Å²) in [6.07, 6.45) is 4.45. The van der Waals surface area contributed by atoms with Gasteiger partial charge in [-0.2, -0.15) is 0 Å². The van der Waals surface area contributed by atoms with Crippen molar-refractivity contribution in [2.75, 3.05) is 53.7 Å². The lowest BCUT2D eigenvalue weighted by molar-refractivity contribution is -0.0773. The van der Waals surface area contributed by atoms with Gasteiger partial charge in [0.15, 0.2) is 0 Å². The molecule has 1 saturated heterocycles. The van der Waals surface area contributed by atoms with Gasteiger partial charge in [0.2, 0.25) is 0 Å². The molecule has 2 N–H and O–H groups in total. The number of hydrogen-bond donors (Lipinski definition) is 1. The molecule has 1 aliphatic heterocycles. The molecule has 0 bridgehead atoms. The second kappa shape index (κ2) is 9.68. The molecule has 0 spiro atoms. The summed E-state index contributed by atoms with van der Waals surface area (Å²) >= 11 is 0. The van der Waals surface area contributed by atoms with E-state index in [1.807, 2.05) is 0 Å². The molecule has 5 heteroatoms. The molecule has 5 nitrogen and oxygen atoms in total. The lowest BCUT2D eigenvalue weighted by atomic mass is 9.83. The fraction of sp³-hybridized carbons (Fsp3) is 1.00. The van der Waals surface area contributed by atoms with Crippen molar-refractivity contribution in [2.24, 2.45) is 5.73 Å². The Labute approximate surface area is 123 Å². The van der Waals surface area contributed by atoms with Gasteiger partial charge in [-0.1, -0.05) is 6.92 Å². The third-order valence-corrected chi connectivity index (χ3v) is 4.38. The molecule has 0 radical (unpaired) electrons. The van der Waals surface area contributed by atoms with Crippen molar-refractivity contribution in [1.82, 2.24) is 4.90 Å². The molecule has 0 aromatic carbocycles. The van der Waals surface area contributed by atoms with Crippen molar-refractivity contribution in [3.05, 3.63) is 0 Å². The van der Waals surface area contributed by atoms with Crippen molar-refractivity contribution in [3.8, 4) is 0 Å². The van der Waals surface area contributed by atoms with Crippen LogP contribution in [0.4, 0.5) is 0 Å². The maximum atomic E-state index is 6.16. The molecular formula is C15H32N2O3. The quantitative estimate of drug-likeness (QED) is 0.613. The topological polar surface area (TPSA) is 57.0 Å². The fourth-order valence-electron chi connectivity index (χ4n) is 3.05. The van der Waals surface area contributed by atoms with Crippen LogP contribution in [0.15, 0.2) is 0 Å². The minimum absolute atomic E-state index is 0.0607. The monoisotopic (exact) mass is 288 g/mol. The van der Waals surface area contributed by atoms with Crippen LogP contribution in [0.1, 0.15) is 32.6 Å². The number of hydrogen-bond acceptors (Lipinski definition) is 5. The number of nitrogens with zero attached hydrogens (tertiary/aromatic N) is 1. The minimum Gasteiger partial charge on any atom is -0.385 e. The van der Waals surface area contributed by atoms with Crippen LogP contribution >= 0.6 is 0 Å². The lowest BCUT2D eigenvalue weighted by Crippen LogP contribution is -2.59. The van der Waals surface area contributed by atoms with E-state index in [1.54, 1.807) is 14.2 Å².